The fourth-order valence-electron chi connectivity index (χ4n) is 6.35. The number of aliphatic imine (C=N–C) groups is 1. The normalized spacial score (nSPS) is 23.3. The Bertz CT molecular complexity index is 1460. The molecule has 0 spiro atoms. The van der Waals surface area contributed by atoms with Gasteiger partial charge in [-0.1, -0.05) is 25.0 Å². The Morgan fingerprint density at radius 1 is 1.10 bits per heavy atom. The monoisotopic (exact) mass is 575 g/mol. The van der Waals surface area contributed by atoms with Crippen LogP contribution >= 0.6 is 0 Å². The molecule has 1 saturated heterocycles. The van der Waals surface area contributed by atoms with E-state index in [-0.39, 0.29) is 24.7 Å². The van der Waals surface area contributed by atoms with Gasteiger partial charge in [0.05, 0.1) is 17.4 Å². The molecule has 8 nitrogen and oxygen atoms in total. The van der Waals surface area contributed by atoms with E-state index >= 15 is 0 Å². The molecular formula is C32H39F2N7O. The maximum atomic E-state index is 14.0. The van der Waals surface area contributed by atoms with Crippen LogP contribution in [0.5, 0.6) is 0 Å². The molecule has 1 aromatic carbocycles. The van der Waals surface area contributed by atoms with E-state index < -0.39 is 5.92 Å². The van der Waals surface area contributed by atoms with Crippen LogP contribution < -0.4 is 10.2 Å². The largest absolute Gasteiger partial charge is 0.354 e. The molecule has 2 aliphatic heterocycles. The second-order valence-corrected chi connectivity index (χ2v) is 12.1. The van der Waals surface area contributed by atoms with Gasteiger partial charge in [-0.05, 0) is 73.5 Å². The van der Waals surface area contributed by atoms with Crippen molar-refractivity contribution in [1.29, 1.82) is 0 Å². The summed E-state index contributed by atoms with van der Waals surface area (Å²) in [5.74, 6) is -1.42. The van der Waals surface area contributed by atoms with Gasteiger partial charge in [-0.15, -0.1) is 0 Å². The van der Waals surface area contributed by atoms with E-state index in [1.165, 1.54) is 0 Å². The number of anilines is 2. The van der Waals surface area contributed by atoms with E-state index in [1.807, 2.05) is 36.5 Å². The van der Waals surface area contributed by atoms with Crippen molar-refractivity contribution in [3.63, 3.8) is 0 Å². The van der Waals surface area contributed by atoms with Crippen LogP contribution in [0.3, 0.4) is 0 Å². The minimum absolute atomic E-state index is 0.0112. The van der Waals surface area contributed by atoms with Crippen LogP contribution in [-0.2, 0) is 0 Å². The first-order valence-corrected chi connectivity index (χ1v) is 15.1. The van der Waals surface area contributed by atoms with Gasteiger partial charge in [0, 0.05) is 57.2 Å². The van der Waals surface area contributed by atoms with E-state index in [4.69, 9.17) is 0 Å². The van der Waals surface area contributed by atoms with Gasteiger partial charge < -0.3 is 15.1 Å². The van der Waals surface area contributed by atoms with Gasteiger partial charge in [0.25, 0.3) is 5.91 Å². The number of hydrogen-bond acceptors (Lipinski definition) is 6. The lowest BCUT2D eigenvalue weighted by Crippen LogP contribution is -2.44. The van der Waals surface area contributed by atoms with Crippen LogP contribution in [0, 0.1) is 11.8 Å². The number of alkyl halides is 2. The van der Waals surface area contributed by atoms with Crippen molar-refractivity contribution in [3.05, 3.63) is 53.9 Å². The smallest absolute Gasteiger partial charge is 0.276 e. The number of halogens is 2. The van der Waals surface area contributed by atoms with Crippen molar-refractivity contribution in [3.8, 4) is 0 Å². The minimum Gasteiger partial charge on any atom is -0.354 e. The molecule has 3 aliphatic rings. The number of aromatic nitrogens is 3. The standard InChI is InChI=1S/C32H39F2N7O/c1-40-12-14-41(15-13-40)29-8-6-26(21-36-29)37-31(42)30-27-18-24(5-7-28(27)38-39-30)25-17-23(19-35-20-25)16-22-4-2-3-10-32(33,34)11-9-22/h5-8,17-18,20-23H,2-4,9-16,19H2,1H3,(H,37,42)(H,38,39). The number of nitrogens with zero attached hydrogens (tertiary/aromatic N) is 5. The van der Waals surface area contributed by atoms with Gasteiger partial charge in [0.1, 0.15) is 5.82 Å². The summed E-state index contributed by atoms with van der Waals surface area (Å²) in [7, 11) is 2.12. The number of fused-ring (bicyclic) bond motifs is 1. The highest BCUT2D eigenvalue weighted by molar-refractivity contribution is 6.14. The number of amides is 1. The average Bonchev–Trinajstić information content (AvgIpc) is 3.42. The summed E-state index contributed by atoms with van der Waals surface area (Å²) in [4.78, 5) is 27.0. The molecule has 2 fully saturated rings. The van der Waals surface area contributed by atoms with Gasteiger partial charge >= 0.3 is 0 Å². The second-order valence-electron chi connectivity index (χ2n) is 12.1. The van der Waals surface area contributed by atoms with Gasteiger partial charge in [-0.3, -0.25) is 14.9 Å². The lowest BCUT2D eigenvalue weighted by atomic mass is 9.82. The number of carbonyl (C=O) groups is 1. The zero-order valence-electron chi connectivity index (χ0n) is 24.2. The molecule has 2 N–H and O–H groups in total. The lowest BCUT2D eigenvalue weighted by Gasteiger charge is -2.33. The summed E-state index contributed by atoms with van der Waals surface area (Å²) in [6, 6.07) is 9.71. The summed E-state index contributed by atoms with van der Waals surface area (Å²) in [5, 5.41) is 10.9. The number of hydrogen-bond donors (Lipinski definition) is 2. The van der Waals surface area contributed by atoms with Crippen molar-refractivity contribution in [2.75, 3.05) is 50.0 Å². The zero-order valence-corrected chi connectivity index (χ0v) is 24.2. The molecule has 0 radical (unpaired) electrons. The van der Waals surface area contributed by atoms with Crippen LogP contribution in [0.25, 0.3) is 16.5 Å². The molecule has 6 rings (SSSR count). The number of H-pyrrole nitrogens is 1. The number of dihydropyridines is 1. The number of benzene rings is 1. The summed E-state index contributed by atoms with van der Waals surface area (Å²) in [6.07, 6.45) is 9.72. The number of nitrogens with one attached hydrogen (secondary N) is 2. The first kappa shape index (κ1) is 28.5. The first-order chi connectivity index (χ1) is 20.3. The molecule has 10 heteroatoms. The number of likely N-dealkylation sites (N-methyl/N-ethyl adjacent to an activating group) is 1. The molecule has 2 atom stereocenters. The second kappa shape index (κ2) is 12.3. The predicted molar refractivity (Wildman–Crippen MR) is 164 cm³/mol. The van der Waals surface area contributed by atoms with Crippen LogP contribution in [-0.4, -0.2) is 77.9 Å². The predicted octanol–water partition coefficient (Wildman–Crippen LogP) is 6.04. The Balaban J connectivity index is 1.14. The minimum atomic E-state index is -2.53. The number of pyridine rings is 1. The number of rotatable bonds is 6. The molecule has 0 bridgehead atoms. The summed E-state index contributed by atoms with van der Waals surface area (Å²) >= 11 is 0. The van der Waals surface area contributed by atoms with Gasteiger partial charge in [-0.2, -0.15) is 5.10 Å². The zero-order chi connectivity index (χ0) is 29.1. The average molecular weight is 576 g/mol. The third-order valence-electron chi connectivity index (χ3n) is 8.89. The molecule has 1 amide bonds. The van der Waals surface area contributed by atoms with E-state index in [2.05, 4.69) is 48.4 Å². The van der Waals surface area contributed by atoms with Crippen molar-refractivity contribution in [1.82, 2.24) is 20.1 Å². The van der Waals surface area contributed by atoms with Crippen LogP contribution in [0.4, 0.5) is 20.3 Å². The molecule has 1 saturated carbocycles. The van der Waals surface area contributed by atoms with Crippen molar-refractivity contribution >= 4 is 40.1 Å². The number of allylic oxidation sites excluding steroid dienone is 1. The molecule has 2 unspecified atom stereocenters. The van der Waals surface area contributed by atoms with E-state index in [0.717, 1.165) is 73.3 Å². The third-order valence-corrected chi connectivity index (χ3v) is 8.89. The Morgan fingerprint density at radius 2 is 1.95 bits per heavy atom. The van der Waals surface area contributed by atoms with Crippen molar-refractivity contribution in [2.24, 2.45) is 16.8 Å². The highest BCUT2D eigenvalue weighted by Crippen LogP contribution is 2.36. The third kappa shape index (κ3) is 6.69. The van der Waals surface area contributed by atoms with Crippen molar-refractivity contribution in [2.45, 2.75) is 50.9 Å². The fourth-order valence-corrected chi connectivity index (χ4v) is 6.35. The molecule has 2 aromatic heterocycles. The number of carbonyl (C=O) groups excluding carboxylic acids is 1. The Hall–Kier alpha value is -3.66. The van der Waals surface area contributed by atoms with Gasteiger partial charge in [0.15, 0.2) is 5.69 Å². The van der Waals surface area contributed by atoms with Crippen LogP contribution in [0.2, 0.25) is 0 Å². The topological polar surface area (TPSA) is 89.5 Å². The first-order valence-electron chi connectivity index (χ1n) is 15.1. The number of piperazine rings is 1. The Kier molecular flexibility index (Phi) is 8.33. The SMILES string of the molecule is CN1CCN(c2ccc(NC(=O)c3n[nH]c4ccc(C5=CC(CC6CCCCC(F)(F)CC6)CN=C5)cc34)cn2)CC1. The molecule has 222 valence electrons. The molecule has 3 aromatic rings. The molecule has 42 heavy (non-hydrogen) atoms. The fraction of sp³-hybridized carbons (Fsp3) is 0.500. The summed E-state index contributed by atoms with van der Waals surface area (Å²) in [5.41, 5.74) is 3.64. The molecular weight excluding hydrogens is 536 g/mol. The molecule has 1 aliphatic carbocycles. The van der Waals surface area contributed by atoms with Gasteiger partial charge in [0.2, 0.25) is 5.92 Å². The maximum absolute atomic E-state index is 14.0. The summed E-state index contributed by atoms with van der Waals surface area (Å²) < 4.78 is 28.0. The Labute approximate surface area is 245 Å². The highest BCUT2D eigenvalue weighted by Gasteiger charge is 2.31. The van der Waals surface area contributed by atoms with Gasteiger partial charge in [-0.25, -0.2) is 13.8 Å². The number of aromatic amines is 1. The maximum Gasteiger partial charge on any atom is 0.276 e. The van der Waals surface area contributed by atoms with E-state index in [0.29, 0.717) is 36.7 Å². The van der Waals surface area contributed by atoms with E-state index in [9.17, 15) is 13.6 Å². The van der Waals surface area contributed by atoms with Crippen LogP contribution in [0.15, 0.2) is 47.6 Å². The quantitative estimate of drug-likeness (QED) is 0.374. The highest BCUT2D eigenvalue weighted by atomic mass is 19.3. The van der Waals surface area contributed by atoms with Crippen molar-refractivity contribution < 1.29 is 13.6 Å². The Morgan fingerprint density at radius 3 is 2.76 bits per heavy atom. The summed E-state index contributed by atoms with van der Waals surface area (Å²) in [6.45, 7) is 4.54. The van der Waals surface area contributed by atoms with Crippen LogP contribution in [0.1, 0.15) is 61.0 Å². The lowest BCUT2D eigenvalue weighted by molar-refractivity contribution is -0.0298. The van der Waals surface area contributed by atoms with E-state index in [1.54, 1.807) is 6.20 Å². The molecule has 4 heterocycles.